The Morgan fingerprint density at radius 1 is 0.544 bits per heavy atom. The molecule has 0 bridgehead atoms. The Kier molecular flexibility index (Phi) is 13.0. The molecule has 10 nitrogen and oxygen atoms in total. The van der Waals surface area contributed by atoms with Crippen molar-refractivity contribution in [3.63, 3.8) is 0 Å². The van der Waals surface area contributed by atoms with Crippen molar-refractivity contribution in [3.05, 3.63) is 190 Å². The molecule has 0 aliphatic heterocycles. The first-order valence-electron chi connectivity index (χ1n) is 18.5. The second kappa shape index (κ2) is 18.6. The number of carboxylic acids is 2. The van der Waals surface area contributed by atoms with Crippen LogP contribution in [-0.4, -0.2) is 41.3 Å². The van der Waals surface area contributed by atoms with E-state index in [0.717, 1.165) is 22.3 Å². The Morgan fingerprint density at radius 3 is 1.56 bits per heavy atom. The van der Waals surface area contributed by atoms with Gasteiger partial charge in [-0.05, 0) is 107 Å². The molecule has 0 radical (unpaired) electrons. The highest BCUT2D eigenvalue weighted by Crippen LogP contribution is 2.25. The molecule has 0 atom stereocenters. The molecule has 10 heteroatoms. The molecule has 6 aromatic carbocycles. The smallest absolute Gasteiger partial charge is 0.336 e. The van der Waals surface area contributed by atoms with Crippen LogP contribution < -0.4 is 20.3 Å². The summed E-state index contributed by atoms with van der Waals surface area (Å²) in [5, 5.41) is 22.2. The van der Waals surface area contributed by atoms with Gasteiger partial charge in [0.05, 0.1) is 35.6 Å². The highest BCUT2D eigenvalue weighted by molar-refractivity contribution is 6.10. The summed E-state index contributed by atoms with van der Waals surface area (Å²) in [6.07, 6.45) is 1.26. The van der Waals surface area contributed by atoms with Crippen molar-refractivity contribution in [1.29, 1.82) is 0 Å². The maximum absolute atomic E-state index is 13.2. The van der Waals surface area contributed by atoms with Crippen LogP contribution in [0.25, 0.3) is 0 Å². The van der Waals surface area contributed by atoms with Crippen molar-refractivity contribution >= 4 is 29.2 Å². The van der Waals surface area contributed by atoms with Crippen LogP contribution in [0.5, 0.6) is 11.5 Å². The van der Waals surface area contributed by atoms with Gasteiger partial charge in [0.15, 0.2) is 0 Å². The molecule has 0 aliphatic carbocycles. The molecular formula is C47H44N2O8. The van der Waals surface area contributed by atoms with E-state index in [1.54, 1.807) is 42.5 Å². The lowest BCUT2D eigenvalue weighted by molar-refractivity contribution is 0.0682. The highest BCUT2D eigenvalue weighted by Gasteiger charge is 2.21. The molecule has 0 spiro atoms. The van der Waals surface area contributed by atoms with Gasteiger partial charge in [-0.25, -0.2) is 9.59 Å². The number of carbonyl (C=O) groups excluding carboxylic acids is 1. The van der Waals surface area contributed by atoms with Crippen LogP contribution in [0.2, 0.25) is 0 Å². The zero-order valence-corrected chi connectivity index (χ0v) is 31.7. The van der Waals surface area contributed by atoms with Crippen LogP contribution in [0.4, 0.5) is 11.4 Å². The summed E-state index contributed by atoms with van der Waals surface area (Å²) in [7, 11) is 0. The number of anilines is 2. The van der Waals surface area contributed by atoms with E-state index < -0.39 is 17.8 Å². The fraction of sp³-hybridized carbons (Fsp3) is 0.170. The van der Waals surface area contributed by atoms with E-state index in [-0.39, 0.29) is 28.7 Å². The summed E-state index contributed by atoms with van der Waals surface area (Å²) in [5.74, 6) is -1.43. The number of aromatic carboxylic acids is 2. The Hall–Kier alpha value is -6.91. The Balaban J connectivity index is 0.960. The fourth-order valence-electron chi connectivity index (χ4n) is 6.07. The summed E-state index contributed by atoms with van der Waals surface area (Å²) in [4.78, 5) is 42.7. The number of amides is 1. The van der Waals surface area contributed by atoms with E-state index in [9.17, 15) is 24.6 Å². The summed E-state index contributed by atoms with van der Waals surface area (Å²) in [6, 6.07) is 44.0. The minimum absolute atomic E-state index is 0.0612. The SMILES string of the molecule is CC(C)(COc1ccc(NOCc2cc(Cc3ccccc3)ccc2C(=O)O)cc1)COc1ccc(NC(=O)c2cc(Cc3ccccc3)ccc2C(=O)O)cc1. The Morgan fingerprint density at radius 2 is 1.04 bits per heavy atom. The maximum atomic E-state index is 13.2. The zero-order chi connectivity index (χ0) is 40.2. The molecule has 0 heterocycles. The monoisotopic (exact) mass is 764 g/mol. The second-order valence-corrected chi connectivity index (χ2v) is 14.4. The average Bonchev–Trinajstić information content (AvgIpc) is 3.21. The Bertz CT molecular complexity index is 2290. The van der Waals surface area contributed by atoms with Crippen LogP contribution in [0, 0.1) is 5.41 Å². The molecule has 0 aliphatic rings. The number of carbonyl (C=O) groups is 3. The molecule has 0 unspecified atom stereocenters. The molecule has 290 valence electrons. The van der Waals surface area contributed by atoms with Gasteiger partial charge in [-0.1, -0.05) is 92.7 Å². The molecule has 1 amide bonds. The molecule has 0 aromatic heterocycles. The van der Waals surface area contributed by atoms with Crippen molar-refractivity contribution in [2.45, 2.75) is 33.3 Å². The van der Waals surface area contributed by atoms with Gasteiger partial charge in [0.2, 0.25) is 0 Å². The summed E-state index contributed by atoms with van der Waals surface area (Å²) < 4.78 is 12.1. The predicted molar refractivity (Wildman–Crippen MR) is 219 cm³/mol. The summed E-state index contributed by atoms with van der Waals surface area (Å²) in [6.45, 7) is 4.84. The van der Waals surface area contributed by atoms with E-state index in [2.05, 4.69) is 10.8 Å². The van der Waals surface area contributed by atoms with Crippen LogP contribution in [0.3, 0.4) is 0 Å². The average molecular weight is 765 g/mol. The van der Waals surface area contributed by atoms with Gasteiger partial charge < -0.3 is 25.0 Å². The molecule has 57 heavy (non-hydrogen) atoms. The third-order valence-corrected chi connectivity index (χ3v) is 9.10. The summed E-state index contributed by atoms with van der Waals surface area (Å²) in [5.41, 5.74) is 8.52. The van der Waals surface area contributed by atoms with Crippen LogP contribution in [-0.2, 0) is 24.3 Å². The molecule has 0 fully saturated rings. The summed E-state index contributed by atoms with van der Waals surface area (Å²) >= 11 is 0. The van der Waals surface area contributed by atoms with E-state index >= 15 is 0 Å². The second-order valence-electron chi connectivity index (χ2n) is 14.4. The van der Waals surface area contributed by atoms with Crippen LogP contribution in [0.1, 0.15) is 72.7 Å². The number of carboxylic acid groups (broad SMARTS) is 2. The topological polar surface area (TPSA) is 143 Å². The third-order valence-electron chi connectivity index (χ3n) is 9.10. The fourth-order valence-corrected chi connectivity index (χ4v) is 6.07. The van der Waals surface area contributed by atoms with Gasteiger partial charge in [0.1, 0.15) is 18.1 Å². The normalized spacial score (nSPS) is 11.1. The highest BCUT2D eigenvalue weighted by atomic mass is 16.6. The minimum Gasteiger partial charge on any atom is -0.493 e. The molecular weight excluding hydrogens is 721 g/mol. The first-order valence-corrected chi connectivity index (χ1v) is 18.5. The lowest BCUT2D eigenvalue weighted by Crippen LogP contribution is -2.28. The number of rotatable bonds is 18. The maximum Gasteiger partial charge on any atom is 0.336 e. The lowest BCUT2D eigenvalue weighted by Gasteiger charge is -2.25. The van der Waals surface area contributed by atoms with Crippen molar-refractivity contribution in [2.75, 3.05) is 24.0 Å². The number of hydrogen-bond acceptors (Lipinski definition) is 7. The number of nitrogens with one attached hydrogen (secondary N) is 2. The van der Waals surface area contributed by atoms with Gasteiger partial charge in [-0.2, -0.15) is 0 Å². The van der Waals surface area contributed by atoms with Crippen molar-refractivity contribution in [2.24, 2.45) is 5.41 Å². The third kappa shape index (κ3) is 11.5. The largest absolute Gasteiger partial charge is 0.493 e. The molecule has 6 aromatic rings. The van der Waals surface area contributed by atoms with E-state index in [1.807, 2.05) is 111 Å². The number of benzene rings is 6. The number of ether oxygens (including phenoxy) is 2. The minimum atomic E-state index is -1.17. The van der Waals surface area contributed by atoms with Gasteiger partial charge >= 0.3 is 11.9 Å². The van der Waals surface area contributed by atoms with Crippen molar-refractivity contribution in [3.8, 4) is 11.5 Å². The van der Waals surface area contributed by atoms with Gasteiger partial charge in [-0.3, -0.25) is 15.1 Å². The molecule has 6 rings (SSSR count). The van der Waals surface area contributed by atoms with E-state index in [1.165, 1.54) is 6.07 Å². The standard InChI is InChI=1S/C47H44N2O8/c1-47(2,30-55-39-19-15-37(16-20-39)48-44(50)43-28-35(14-24-42(43)46(53)54)26-33-11-7-4-8-12-33)31-56-40-21-17-38(18-22-40)49-57-29-36-27-34(13-23-41(36)45(51)52)25-32-9-5-3-6-10-32/h3-24,27-28,49H,25-26,29-31H2,1-2H3,(H,48,50)(H,51,52)(H,53,54). The van der Waals surface area contributed by atoms with E-state index in [0.29, 0.717) is 54.5 Å². The molecule has 0 saturated heterocycles. The quantitative estimate of drug-likeness (QED) is 0.0630. The van der Waals surface area contributed by atoms with Crippen LogP contribution in [0.15, 0.2) is 146 Å². The molecule has 4 N–H and O–H groups in total. The zero-order valence-electron chi connectivity index (χ0n) is 31.7. The number of hydrogen-bond donors (Lipinski definition) is 4. The van der Waals surface area contributed by atoms with Gasteiger partial charge in [0, 0.05) is 11.1 Å². The first-order chi connectivity index (χ1) is 27.5. The van der Waals surface area contributed by atoms with Crippen molar-refractivity contribution < 1.29 is 38.9 Å². The molecule has 0 saturated carbocycles. The van der Waals surface area contributed by atoms with Crippen LogP contribution >= 0.6 is 0 Å². The predicted octanol–water partition coefficient (Wildman–Crippen LogP) is 9.54. The lowest BCUT2D eigenvalue weighted by atomic mass is 9.96. The van der Waals surface area contributed by atoms with Gasteiger partial charge in [-0.15, -0.1) is 0 Å². The first kappa shape index (κ1) is 39.8. The Labute approximate surface area is 331 Å². The van der Waals surface area contributed by atoms with E-state index in [4.69, 9.17) is 14.3 Å². The van der Waals surface area contributed by atoms with Gasteiger partial charge in [0.25, 0.3) is 5.91 Å². The van der Waals surface area contributed by atoms with Crippen molar-refractivity contribution in [1.82, 2.24) is 0 Å².